The van der Waals surface area contributed by atoms with Gasteiger partial charge in [0.15, 0.2) is 6.10 Å². The van der Waals surface area contributed by atoms with Crippen LogP contribution in [0.4, 0.5) is 0 Å². The summed E-state index contributed by atoms with van der Waals surface area (Å²) < 4.78 is 4.37. The van der Waals surface area contributed by atoms with Crippen LogP contribution >= 0.6 is 11.6 Å². The lowest BCUT2D eigenvalue weighted by atomic mass is 10.1. The van der Waals surface area contributed by atoms with Crippen molar-refractivity contribution in [3.8, 4) is 0 Å². The van der Waals surface area contributed by atoms with Crippen LogP contribution in [0.25, 0.3) is 10.8 Å². The van der Waals surface area contributed by atoms with E-state index < -0.39 is 18.0 Å². The molecule has 6 nitrogen and oxygen atoms in total. The minimum atomic E-state index is -1.41. The number of carbonyl (C=O) groups excluding carboxylic acids is 2. The highest BCUT2D eigenvalue weighted by Crippen LogP contribution is 2.23. The zero-order chi connectivity index (χ0) is 15.4. The minimum Gasteiger partial charge on any atom is -0.467 e. The average Bonchev–Trinajstić information content (AvgIpc) is 2.52. The number of carbonyl (C=O) groups is 2. The summed E-state index contributed by atoms with van der Waals surface area (Å²) in [5.74, 6) is -1.27. The van der Waals surface area contributed by atoms with Crippen molar-refractivity contribution < 1.29 is 19.4 Å². The van der Waals surface area contributed by atoms with Crippen LogP contribution in [0.3, 0.4) is 0 Å². The summed E-state index contributed by atoms with van der Waals surface area (Å²) in [5.41, 5.74) is 0.312. The Morgan fingerprint density at radius 1 is 1.38 bits per heavy atom. The molecule has 0 bridgehead atoms. The monoisotopic (exact) mass is 308 g/mol. The van der Waals surface area contributed by atoms with E-state index in [-0.39, 0.29) is 6.54 Å². The van der Waals surface area contributed by atoms with Crippen molar-refractivity contribution >= 4 is 34.2 Å². The Labute approximate surface area is 125 Å². The molecule has 21 heavy (non-hydrogen) atoms. The van der Waals surface area contributed by atoms with Gasteiger partial charge in [0.05, 0.1) is 19.2 Å². The second-order valence-corrected chi connectivity index (χ2v) is 4.62. The fourth-order valence-corrected chi connectivity index (χ4v) is 2.06. The number of aromatic nitrogens is 1. The molecule has 2 aromatic rings. The van der Waals surface area contributed by atoms with E-state index in [1.165, 1.54) is 6.20 Å². The summed E-state index contributed by atoms with van der Waals surface area (Å²) in [6.45, 7) is -0.248. The molecule has 0 saturated carbocycles. The molecule has 0 aliphatic heterocycles. The van der Waals surface area contributed by atoms with E-state index in [4.69, 9.17) is 11.6 Å². The molecule has 0 aliphatic carbocycles. The Bertz CT molecular complexity index is 690. The van der Waals surface area contributed by atoms with E-state index >= 15 is 0 Å². The number of esters is 1. The third-order valence-electron chi connectivity index (χ3n) is 2.92. The van der Waals surface area contributed by atoms with Crippen LogP contribution in [0, 0.1) is 0 Å². The number of fused-ring (bicyclic) bond motifs is 1. The van der Waals surface area contributed by atoms with Crippen molar-refractivity contribution in [2.75, 3.05) is 13.7 Å². The van der Waals surface area contributed by atoms with E-state index in [1.807, 2.05) is 0 Å². The second-order valence-electron chi connectivity index (χ2n) is 4.26. The zero-order valence-corrected chi connectivity index (χ0v) is 11.9. The number of aliphatic hydroxyl groups excluding tert-OH is 1. The molecular weight excluding hydrogens is 296 g/mol. The topological polar surface area (TPSA) is 88.5 Å². The van der Waals surface area contributed by atoms with Crippen molar-refractivity contribution in [2.24, 2.45) is 0 Å². The maximum atomic E-state index is 12.1. The third kappa shape index (κ3) is 3.29. The van der Waals surface area contributed by atoms with Gasteiger partial charge in [0.25, 0.3) is 5.91 Å². The first kappa shape index (κ1) is 15.2. The number of methoxy groups -OCH3 is 1. The van der Waals surface area contributed by atoms with E-state index in [0.29, 0.717) is 21.5 Å². The Hall–Kier alpha value is -2.18. The molecule has 0 saturated heterocycles. The Balaban J connectivity index is 2.21. The molecule has 0 aliphatic rings. The lowest BCUT2D eigenvalue weighted by Crippen LogP contribution is -2.37. The van der Waals surface area contributed by atoms with Gasteiger partial charge in [0.2, 0.25) is 0 Å². The first-order valence-electron chi connectivity index (χ1n) is 6.12. The van der Waals surface area contributed by atoms with Gasteiger partial charge in [-0.15, -0.1) is 0 Å². The minimum absolute atomic E-state index is 0.248. The molecule has 1 aromatic carbocycles. The number of hydrogen-bond acceptors (Lipinski definition) is 5. The van der Waals surface area contributed by atoms with Crippen LogP contribution in [0.2, 0.25) is 5.15 Å². The summed E-state index contributed by atoms with van der Waals surface area (Å²) in [4.78, 5) is 27.1. The van der Waals surface area contributed by atoms with Gasteiger partial charge in [-0.1, -0.05) is 35.9 Å². The first-order chi connectivity index (χ1) is 10.0. The second kappa shape index (κ2) is 6.51. The molecule has 2 N–H and O–H groups in total. The van der Waals surface area contributed by atoms with E-state index in [9.17, 15) is 14.7 Å². The molecule has 1 aromatic heterocycles. The van der Waals surface area contributed by atoms with Gasteiger partial charge in [-0.05, 0) is 5.39 Å². The molecule has 110 valence electrons. The largest absolute Gasteiger partial charge is 0.467 e. The average molecular weight is 309 g/mol. The van der Waals surface area contributed by atoms with Crippen molar-refractivity contribution in [1.82, 2.24) is 10.3 Å². The van der Waals surface area contributed by atoms with Crippen LogP contribution in [0.1, 0.15) is 10.4 Å². The van der Waals surface area contributed by atoms with Crippen LogP contribution in [0.5, 0.6) is 0 Å². The maximum Gasteiger partial charge on any atom is 0.336 e. The predicted octanol–water partition coefficient (Wildman–Crippen LogP) is 1.15. The quantitative estimate of drug-likeness (QED) is 0.653. The molecule has 0 radical (unpaired) electrons. The molecule has 1 unspecified atom stereocenters. The highest BCUT2D eigenvalue weighted by atomic mass is 35.5. The van der Waals surface area contributed by atoms with Crippen molar-refractivity contribution in [2.45, 2.75) is 6.10 Å². The predicted molar refractivity (Wildman–Crippen MR) is 77.1 cm³/mol. The van der Waals surface area contributed by atoms with Gasteiger partial charge in [0, 0.05) is 11.6 Å². The van der Waals surface area contributed by atoms with Gasteiger partial charge in [-0.25, -0.2) is 9.78 Å². The van der Waals surface area contributed by atoms with Gasteiger partial charge >= 0.3 is 5.97 Å². The van der Waals surface area contributed by atoms with Crippen LogP contribution in [-0.4, -0.2) is 41.7 Å². The Morgan fingerprint density at radius 2 is 2.05 bits per heavy atom. The fourth-order valence-electron chi connectivity index (χ4n) is 1.84. The summed E-state index contributed by atoms with van der Waals surface area (Å²) in [6, 6.07) is 7.07. The normalized spacial score (nSPS) is 12.0. The van der Waals surface area contributed by atoms with Crippen LogP contribution in [0.15, 0.2) is 30.5 Å². The molecule has 1 atom stereocenters. The number of nitrogens with zero attached hydrogens (tertiary/aromatic N) is 1. The molecule has 0 fully saturated rings. The number of halogens is 1. The zero-order valence-electron chi connectivity index (χ0n) is 11.2. The lowest BCUT2D eigenvalue weighted by Gasteiger charge is -2.11. The van der Waals surface area contributed by atoms with Gasteiger partial charge in [0.1, 0.15) is 5.15 Å². The molecule has 2 rings (SSSR count). The van der Waals surface area contributed by atoms with Crippen molar-refractivity contribution in [1.29, 1.82) is 0 Å². The molecule has 1 heterocycles. The number of amides is 1. The van der Waals surface area contributed by atoms with Crippen LogP contribution < -0.4 is 5.32 Å². The highest BCUT2D eigenvalue weighted by Gasteiger charge is 2.18. The van der Waals surface area contributed by atoms with Gasteiger partial charge in [-0.2, -0.15) is 0 Å². The summed E-state index contributed by atoms with van der Waals surface area (Å²) >= 11 is 5.98. The van der Waals surface area contributed by atoms with Crippen molar-refractivity contribution in [3.63, 3.8) is 0 Å². The maximum absolute atomic E-state index is 12.1. The molecular formula is C14H13ClN2O4. The number of pyridine rings is 1. The number of rotatable bonds is 4. The van der Waals surface area contributed by atoms with Crippen molar-refractivity contribution in [3.05, 3.63) is 41.2 Å². The van der Waals surface area contributed by atoms with Gasteiger partial charge in [-0.3, -0.25) is 4.79 Å². The summed E-state index contributed by atoms with van der Waals surface area (Å²) in [7, 11) is 1.16. The number of aliphatic hydroxyl groups is 1. The SMILES string of the molecule is COC(=O)C(O)CNC(=O)c1cnc(Cl)c2ccccc12. The number of nitrogens with one attached hydrogen (secondary N) is 1. The van der Waals surface area contributed by atoms with Gasteiger partial charge < -0.3 is 15.2 Å². The Kier molecular flexibility index (Phi) is 4.72. The number of ether oxygens (including phenoxy) is 1. The summed E-state index contributed by atoms with van der Waals surface area (Å²) in [5, 5.41) is 13.5. The first-order valence-corrected chi connectivity index (χ1v) is 6.49. The Morgan fingerprint density at radius 3 is 2.71 bits per heavy atom. The van der Waals surface area contributed by atoms with E-state index in [0.717, 1.165) is 7.11 Å². The molecule has 0 spiro atoms. The third-order valence-corrected chi connectivity index (χ3v) is 3.22. The van der Waals surface area contributed by atoms with E-state index in [1.54, 1.807) is 24.3 Å². The molecule has 7 heteroatoms. The van der Waals surface area contributed by atoms with Crippen LogP contribution in [-0.2, 0) is 9.53 Å². The highest BCUT2D eigenvalue weighted by molar-refractivity contribution is 6.34. The fraction of sp³-hybridized carbons (Fsp3) is 0.214. The standard InChI is InChI=1S/C14H13ClN2O4/c1-21-14(20)11(18)7-17-13(19)10-6-16-12(15)9-5-3-2-4-8(9)10/h2-6,11,18H,7H2,1H3,(H,17,19). The number of benzene rings is 1. The number of hydrogen-bond donors (Lipinski definition) is 2. The summed E-state index contributed by atoms with van der Waals surface area (Å²) in [6.07, 6.45) is -0.0599. The molecule has 1 amide bonds. The smallest absolute Gasteiger partial charge is 0.336 e. The lowest BCUT2D eigenvalue weighted by molar-refractivity contribution is -0.149. The van der Waals surface area contributed by atoms with E-state index in [2.05, 4.69) is 15.0 Å².